The molecule has 3 N–H and O–H groups in total. The van der Waals surface area contributed by atoms with Crippen molar-refractivity contribution in [3.05, 3.63) is 29.8 Å². The Morgan fingerprint density at radius 1 is 1.22 bits per heavy atom. The van der Waals surface area contributed by atoms with Gasteiger partial charge in [0.05, 0.1) is 0 Å². The van der Waals surface area contributed by atoms with Gasteiger partial charge < -0.3 is 16.0 Å². The predicted octanol–water partition coefficient (Wildman–Crippen LogP) is 3.03. The van der Waals surface area contributed by atoms with E-state index in [1.54, 1.807) is 7.05 Å². The summed E-state index contributed by atoms with van der Waals surface area (Å²) >= 11 is 0. The maximum Gasteiger partial charge on any atom is 0.224 e. The molecule has 1 amide bonds. The summed E-state index contributed by atoms with van der Waals surface area (Å²) in [5.41, 5.74) is 2.01. The molecule has 1 aliphatic rings. The SMILES string of the molecule is CCCC(=O)Nc1ccc(CNC(=NC)NC2CCCC2)cc1. The number of guanidine groups is 1. The first-order valence-electron chi connectivity index (χ1n) is 8.57. The molecule has 1 aliphatic carbocycles. The molecule has 0 aromatic heterocycles. The molecule has 0 aliphatic heterocycles. The predicted molar refractivity (Wildman–Crippen MR) is 95.6 cm³/mol. The third kappa shape index (κ3) is 5.93. The second-order valence-corrected chi connectivity index (χ2v) is 6.05. The maximum absolute atomic E-state index is 11.6. The van der Waals surface area contributed by atoms with Crippen LogP contribution in [0, 0.1) is 0 Å². The summed E-state index contributed by atoms with van der Waals surface area (Å²) in [5, 5.41) is 9.71. The van der Waals surface area contributed by atoms with Crippen molar-refractivity contribution in [1.29, 1.82) is 0 Å². The van der Waals surface area contributed by atoms with E-state index in [1.165, 1.54) is 25.7 Å². The molecule has 1 fully saturated rings. The van der Waals surface area contributed by atoms with Crippen LogP contribution in [-0.2, 0) is 11.3 Å². The first kappa shape index (κ1) is 17.3. The van der Waals surface area contributed by atoms with E-state index in [2.05, 4.69) is 20.9 Å². The van der Waals surface area contributed by atoms with Gasteiger partial charge in [0.25, 0.3) is 0 Å². The fraction of sp³-hybridized carbons (Fsp3) is 0.556. The minimum absolute atomic E-state index is 0.0690. The molecule has 0 atom stereocenters. The van der Waals surface area contributed by atoms with Crippen LogP contribution in [0.4, 0.5) is 5.69 Å². The number of nitrogens with zero attached hydrogens (tertiary/aromatic N) is 1. The first-order valence-corrected chi connectivity index (χ1v) is 8.57. The van der Waals surface area contributed by atoms with Crippen LogP contribution >= 0.6 is 0 Å². The zero-order valence-electron chi connectivity index (χ0n) is 14.2. The van der Waals surface area contributed by atoms with E-state index >= 15 is 0 Å². The molecule has 1 aromatic rings. The summed E-state index contributed by atoms with van der Waals surface area (Å²) in [5.74, 6) is 0.928. The highest BCUT2D eigenvalue weighted by molar-refractivity contribution is 5.90. The summed E-state index contributed by atoms with van der Waals surface area (Å²) in [6.07, 6.45) is 6.49. The molecule has 5 heteroatoms. The Bertz CT molecular complexity index is 518. The number of nitrogens with one attached hydrogen (secondary N) is 3. The highest BCUT2D eigenvalue weighted by Crippen LogP contribution is 2.17. The monoisotopic (exact) mass is 316 g/mol. The number of hydrogen-bond donors (Lipinski definition) is 3. The molecule has 0 spiro atoms. The smallest absolute Gasteiger partial charge is 0.224 e. The Hall–Kier alpha value is -2.04. The van der Waals surface area contributed by atoms with Crippen LogP contribution in [-0.4, -0.2) is 25.0 Å². The van der Waals surface area contributed by atoms with Gasteiger partial charge in [0, 0.05) is 31.7 Å². The molecule has 2 rings (SSSR count). The van der Waals surface area contributed by atoms with Crippen LogP contribution in [0.5, 0.6) is 0 Å². The van der Waals surface area contributed by atoms with Crippen LogP contribution in [0.2, 0.25) is 0 Å². The number of aliphatic imine (C=N–C) groups is 1. The van der Waals surface area contributed by atoms with Gasteiger partial charge >= 0.3 is 0 Å². The number of carbonyl (C=O) groups is 1. The average Bonchev–Trinajstić information content (AvgIpc) is 3.06. The molecule has 126 valence electrons. The minimum Gasteiger partial charge on any atom is -0.354 e. The third-order valence-electron chi connectivity index (χ3n) is 4.09. The lowest BCUT2D eigenvalue weighted by molar-refractivity contribution is -0.116. The fourth-order valence-corrected chi connectivity index (χ4v) is 2.80. The minimum atomic E-state index is 0.0690. The molecule has 0 bridgehead atoms. The quantitative estimate of drug-likeness (QED) is 0.558. The molecule has 0 unspecified atom stereocenters. The topological polar surface area (TPSA) is 65.5 Å². The Balaban J connectivity index is 1.79. The van der Waals surface area contributed by atoms with E-state index in [4.69, 9.17) is 0 Å². The molecule has 23 heavy (non-hydrogen) atoms. The van der Waals surface area contributed by atoms with Gasteiger partial charge in [-0.25, -0.2) is 0 Å². The standard InChI is InChI=1S/C18H28N4O/c1-3-6-17(23)21-16-11-9-14(10-12-16)13-20-18(19-2)22-15-7-4-5-8-15/h9-12,15H,3-8,13H2,1-2H3,(H,21,23)(H2,19,20,22). The summed E-state index contributed by atoms with van der Waals surface area (Å²) in [7, 11) is 1.80. The van der Waals surface area contributed by atoms with Crippen molar-refractivity contribution < 1.29 is 4.79 Å². The highest BCUT2D eigenvalue weighted by atomic mass is 16.1. The Labute approximate surface area is 139 Å². The Morgan fingerprint density at radius 2 is 1.91 bits per heavy atom. The number of carbonyl (C=O) groups excluding carboxylic acids is 1. The van der Waals surface area contributed by atoms with Gasteiger partial charge in [0.2, 0.25) is 5.91 Å². The maximum atomic E-state index is 11.6. The molecule has 1 saturated carbocycles. The van der Waals surface area contributed by atoms with E-state index in [0.29, 0.717) is 12.5 Å². The average molecular weight is 316 g/mol. The number of anilines is 1. The van der Waals surface area contributed by atoms with Crippen LogP contribution in [0.1, 0.15) is 51.0 Å². The summed E-state index contributed by atoms with van der Waals surface area (Å²) in [6.45, 7) is 2.72. The van der Waals surface area contributed by atoms with Crippen molar-refractivity contribution in [2.24, 2.45) is 4.99 Å². The molecular weight excluding hydrogens is 288 g/mol. The van der Waals surface area contributed by atoms with Crippen molar-refractivity contribution >= 4 is 17.6 Å². The molecule has 0 saturated heterocycles. The third-order valence-corrected chi connectivity index (χ3v) is 4.09. The van der Waals surface area contributed by atoms with Gasteiger partial charge in [0.1, 0.15) is 0 Å². The van der Waals surface area contributed by atoms with Gasteiger partial charge in [-0.05, 0) is 37.0 Å². The zero-order chi connectivity index (χ0) is 16.5. The largest absolute Gasteiger partial charge is 0.354 e. The second-order valence-electron chi connectivity index (χ2n) is 6.05. The zero-order valence-corrected chi connectivity index (χ0v) is 14.2. The van der Waals surface area contributed by atoms with Crippen LogP contribution in [0.25, 0.3) is 0 Å². The fourth-order valence-electron chi connectivity index (χ4n) is 2.80. The van der Waals surface area contributed by atoms with Crippen LogP contribution < -0.4 is 16.0 Å². The van der Waals surface area contributed by atoms with E-state index in [9.17, 15) is 4.79 Å². The first-order chi connectivity index (χ1) is 11.2. The van der Waals surface area contributed by atoms with E-state index in [-0.39, 0.29) is 5.91 Å². The lowest BCUT2D eigenvalue weighted by Gasteiger charge is -2.17. The van der Waals surface area contributed by atoms with E-state index in [0.717, 1.165) is 30.2 Å². The van der Waals surface area contributed by atoms with Gasteiger partial charge in [-0.1, -0.05) is 31.9 Å². The Morgan fingerprint density at radius 3 is 2.52 bits per heavy atom. The van der Waals surface area contributed by atoms with Gasteiger partial charge in [0.15, 0.2) is 5.96 Å². The number of rotatable bonds is 6. The van der Waals surface area contributed by atoms with Crippen molar-refractivity contribution in [3.63, 3.8) is 0 Å². The van der Waals surface area contributed by atoms with Gasteiger partial charge in [-0.15, -0.1) is 0 Å². The lowest BCUT2D eigenvalue weighted by Crippen LogP contribution is -2.41. The molecule has 0 radical (unpaired) electrons. The van der Waals surface area contributed by atoms with Crippen molar-refractivity contribution in [2.45, 2.75) is 58.0 Å². The Kier molecular flexibility index (Phi) is 6.91. The van der Waals surface area contributed by atoms with Crippen LogP contribution in [0.3, 0.4) is 0 Å². The van der Waals surface area contributed by atoms with Crippen molar-refractivity contribution in [3.8, 4) is 0 Å². The molecule has 5 nitrogen and oxygen atoms in total. The van der Waals surface area contributed by atoms with Gasteiger partial charge in [-0.2, -0.15) is 0 Å². The number of hydrogen-bond acceptors (Lipinski definition) is 2. The summed E-state index contributed by atoms with van der Waals surface area (Å²) in [6, 6.07) is 8.49. The number of amides is 1. The van der Waals surface area contributed by atoms with Crippen molar-refractivity contribution in [1.82, 2.24) is 10.6 Å². The van der Waals surface area contributed by atoms with Gasteiger partial charge in [-0.3, -0.25) is 9.79 Å². The molecule has 0 heterocycles. The molecular formula is C18H28N4O. The normalized spacial score (nSPS) is 15.5. The van der Waals surface area contributed by atoms with Crippen molar-refractivity contribution in [2.75, 3.05) is 12.4 Å². The van der Waals surface area contributed by atoms with E-state index < -0.39 is 0 Å². The molecule has 1 aromatic carbocycles. The number of benzene rings is 1. The summed E-state index contributed by atoms with van der Waals surface area (Å²) < 4.78 is 0. The lowest BCUT2D eigenvalue weighted by atomic mass is 10.2. The highest BCUT2D eigenvalue weighted by Gasteiger charge is 2.15. The van der Waals surface area contributed by atoms with Crippen LogP contribution in [0.15, 0.2) is 29.3 Å². The second kappa shape index (κ2) is 9.18. The summed E-state index contributed by atoms with van der Waals surface area (Å²) in [4.78, 5) is 15.8. The van der Waals surface area contributed by atoms with E-state index in [1.807, 2.05) is 31.2 Å².